The highest BCUT2D eigenvalue weighted by Crippen LogP contribution is 2.47. The summed E-state index contributed by atoms with van der Waals surface area (Å²) in [6.07, 6.45) is 8.82. The molecule has 0 bridgehead atoms. The van der Waals surface area contributed by atoms with E-state index in [4.69, 9.17) is 0 Å². The molecule has 2 heteroatoms. The maximum absolute atomic E-state index is 2.61. The standard InChI is InChI=1S/C11H21B2/c1-3-9-5-11-6-12-10(4-2)8-13(11)7-9/h9-11H,3-8H2,1-2H3. The van der Waals surface area contributed by atoms with Crippen molar-refractivity contribution in [2.45, 2.75) is 63.7 Å². The zero-order valence-electron chi connectivity index (χ0n) is 9.13. The fraction of sp³-hybridized carbons (Fsp3) is 1.00. The van der Waals surface area contributed by atoms with E-state index < -0.39 is 0 Å². The van der Waals surface area contributed by atoms with Crippen LogP contribution in [0.25, 0.3) is 0 Å². The number of hydrogen-bond donors (Lipinski definition) is 0. The summed E-state index contributed by atoms with van der Waals surface area (Å²) in [5, 5.41) is 0. The van der Waals surface area contributed by atoms with Gasteiger partial charge in [0.15, 0.2) is 0 Å². The zero-order valence-corrected chi connectivity index (χ0v) is 9.13. The van der Waals surface area contributed by atoms with Crippen LogP contribution in [-0.4, -0.2) is 14.0 Å². The first-order valence-electron chi connectivity index (χ1n) is 6.16. The molecule has 13 heavy (non-hydrogen) atoms. The zero-order chi connectivity index (χ0) is 9.26. The first-order valence-corrected chi connectivity index (χ1v) is 6.16. The molecule has 2 fully saturated rings. The topological polar surface area (TPSA) is 0 Å². The molecule has 0 aromatic rings. The normalized spacial score (nSPS) is 38.6. The van der Waals surface area contributed by atoms with Crippen LogP contribution in [-0.2, 0) is 0 Å². The quantitative estimate of drug-likeness (QED) is 0.562. The summed E-state index contributed by atoms with van der Waals surface area (Å²) in [5.41, 5.74) is 0. The van der Waals surface area contributed by atoms with Gasteiger partial charge in [-0.15, -0.1) is 0 Å². The summed E-state index contributed by atoms with van der Waals surface area (Å²) >= 11 is 0. The second kappa shape index (κ2) is 4.11. The van der Waals surface area contributed by atoms with Gasteiger partial charge in [-0.2, -0.15) is 0 Å². The predicted octanol–water partition coefficient (Wildman–Crippen LogP) is 3.62. The average Bonchev–Trinajstić information content (AvgIpc) is 2.58. The van der Waals surface area contributed by atoms with Crippen LogP contribution in [0.5, 0.6) is 0 Å². The van der Waals surface area contributed by atoms with Gasteiger partial charge >= 0.3 is 0 Å². The summed E-state index contributed by atoms with van der Waals surface area (Å²) in [4.78, 5) is 0. The molecule has 0 spiro atoms. The van der Waals surface area contributed by atoms with Crippen molar-refractivity contribution in [2.24, 2.45) is 5.92 Å². The second-order valence-corrected chi connectivity index (χ2v) is 5.14. The monoisotopic (exact) mass is 175 g/mol. The SMILES string of the molecule is CCC1[B]CC2CC(CC)CB2C1. The Labute approximate surface area is 84.2 Å². The fourth-order valence-electron chi connectivity index (χ4n) is 3.43. The van der Waals surface area contributed by atoms with E-state index in [1.807, 2.05) is 0 Å². The van der Waals surface area contributed by atoms with Crippen molar-refractivity contribution in [1.29, 1.82) is 0 Å². The lowest BCUT2D eigenvalue weighted by molar-refractivity contribution is 0.541. The van der Waals surface area contributed by atoms with Crippen LogP contribution in [0.15, 0.2) is 0 Å². The molecule has 0 aliphatic carbocycles. The molecule has 2 saturated heterocycles. The predicted molar refractivity (Wildman–Crippen MR) is 62.1 cm³/mol. The van der Waals surface area contributed by atoms with Gasteiger partial charge in [-0.1, -0.05) is 63.7 Å². The minimum atomic E-state index is 0.955. The van der Waals surface area contributed by atoms with Crippen molar-refractivity contribution in [2.75, 3.05) is 0 Å². The van der Waals surface area contributed by atoms with Gasteiger partial charge in [0.2, 0.25) is 0 Å². The molecule has 0 aromatic heterocycles. The lowest BCUT2D eigenvalue weighted by atomic mass is 9.27. The van der Waals surface area contributed by atoms with Gasteiger partial charge < -0.3 is 0 Å². The third-order valence-electron chi connectivity index (χ3n) is 4.42. The Morgan fingerprint density at radius 1 is 1.23 bits per heavy atom. The second-order valence-electron chi connectivity index (χ2n) is 5.14. The molecule has 3 atom stereocenters. The molecule has 71 valence electrons. The van der Waals surface area contributed by atoms with Crippen molar-refractivity contribution >= 4 is 14.0 Å². The highest BCUT2D eigenvalue weighted by atomic mass is 14.2. The highest BCUT2D eigenvalue weighted by molar-refractivity contribution is 6.66. The van der Waals surface area contributed by atoms with E-state index >= 15 is 0 Å². The Hall–Kier alpha value is 0.130. The summed E-state index contributed by atoms with van der Waals surface area (Å²) in [5.74, 6) is 3.10. The van der Waals surface area contributed by atoms with E-state index in [1.54, 1.807) is 6.32 Å². The van der Waals surface area contributed by atoms with Crippen molar-refractivity contribution in [1.82, 2.24) is 0 Å². The first-order chi connectivity index (χ1) is 6.33. The molecule has 2 aliphatic rings. The Bertz CT molecular complexity index is 167. The maximum atomic E-state index is 2.61. The van der Waals surface area contributed by atoms with Gasteiger partial charge in [-0.25, -0.2) is 0 Å². The van der Waals surface area contributed by atoms with Gasteiger partial charge in [-0.05, 0) is 5.92 Å². The van der Waals surface area contributed by atoms with E-state index in [1.165, 1.54) is 31.9 Å². The van der Waals surface area contributed by atoms with Gasteiger partial charge in [0, 0.05) is 0 Å². The highest BCUT2D eigenvalue weighted by Gasteiger charge is 2.39. The van der Waals surface area contributed by atoms with E-state index in [2.05, 4.69) is 21.1 Å². The number of hydrogen-bond acceptors (Lipinski definition) is 0. The smallest absolute Gasteiger partial charge is 0.0835 e. The van der Waals surface area contributed by atoms with Crippen LogP contribution in [0.3, 0.4) is 0 Å². The summed E-state index contributed by atoms with van der Waals surface area (Å²) in [7, 11) is 2.61. The molecule has 1 radical (unpaired) electrons. The van der Waals surface area contributed by atoms with E-state index in [9.17, 15) is 0 Å². The van der Waals surface area contributed by atoms with E-state index in [0.717, 1.165) is 24.3 Å². The summed E-state index contributed by atoms with van der Waals surface area (Å²) in [6.45, 7) is 5.80. The average molecular weight is 175 g/mol. The van der Waals surface area contributed by atoms with Gasteiger partial charge in [0.25, 0.3) is 0 Å². The molecular formula is C11H21B2. The van der Waals surface area contributed by atoms with Crippen LogP contribution in [0.4, 0.5) is 0 Å². The molecular weight excluding hydrogens is 154 g/mol. The Morgan fingerprint density at radius 3 is 2.77 bits per heavy atom. The maximum Gasteiger partial charge on any atom is 0.142 e. The van der Waals surface area contributed by atoms with Crippen LogP contribution >= 0.6 is 0 Å². The number of rotatable bonds is 2. The Kier molecular flexibility index (Phi) is 3.06. The molecule has 2 heterocycles. The van der Waals surface area contributed by atoms with Crippen LogP contribution < -0.4 is 0 Å². The molecule has 0 amide bonds. The minimum Gasteiger partial charge on any atom is -0.0835 e. The van der Waals surface area contributed by atoms with Crippen molar-refractivity contribution < 1.29 is 0 Å². The Morgan fingerprint density at radius 2 is 2.08 bits per heavy atom. The summed E-state index contributed by atoms with van der Waals surface area (Å²) < 4.78 is 0. The fourth-order valence-corrected chi connectivity index (χ4v) is 3.43. The minimum absolute atomic E-state index is 0.955. The molecule has 2 aliphatic heterocycles. The molecule has 0 saturated carbocycles. The molecule has 0 aromatic carbocycles. The summed E-state index contributed by atoms with van der Waals surface area (Å²) in [6, 6.07) is 0. The van der Waals surface area contributed by atoms with Crippen molar-refractivity contribution in [3.05, 3.63) is 0 Å². The lowest BCUT2D eigenvalue weighted by Gasteiger charge is -2.28. The van der Waals surface area contributed by atoms with Gasteiger partial charge in [0.1, 0.15) is 14.0 Å². The van der Waals surface area contributed by atoms with E-state index in [-0.39, 0.29) is 0 Å². The molecule has 3 unspecified atom stereocenters. The van der Waals surface area contributed by atoms with Crippen molar-refractivity contribution in [3.8, 4) is 0 Å². The Balaban J connectivity index is 1.90. The molecule has 2 rings (SSSR count). The largest absolute Gasteiger partial charge is 0.142 e. The molecule has 0 nitrogen and oxygen atoms in total. The van der Waals surface area contributed by atoms with Crippen LogP contribution in [0, 0.1) is 5.92 Å². The molecule has 0 N–H and O–H groups in total. The van der Waals surface area contributed by atoms with Crippen LogP contribution in [0.1, 0.15) is 33.1 Å². The van der Waals surface area contributed by atoms with E-state index in [0.29, 0.717) is 0 Å². The number of fused-ring (bicyclic) bond motifs is 1. The lowest BCUT2D eigenvalue weighted by Crippen LogP contribution is -2.26. The van der Waals surface area contributed by atoms with Gasteiger partial charge in [-0.3, -0.25) is 0 Å². The van der Waals surface area contributed by atoms with Crippen molar-refractivity contribution in [3.63, 3.8) is 0 Å². The third-order valence-corrected chi connectivity index (χ3v) is 4.42. The third kappa shape index (κ3) is 1.97. The van der Waals surface area contributed by atoms with Gasteiger partial charge in [0.05, 0.1) is 0 Å². The van der Waals surface area contributed by atoms with Crippen LogP contribution in [0.2, 0.25) is 30.6 Å². The first kappa shape index (κ1) is 9.68.